The number of sulfonamides is 1. The summed E-state index contributed by atoms with van der Waals surface area (Å²) in [4.78, 5) is 8.87. The summed E-state index contributed by atoms with van der Waals surface area (Å²) in [5, 5.41) is 0. The maximum Gasteiger partial charge on any atom is 0.256 e. The van der Waals surface area contributed by atoms with E-state index in [0.717, 1.165) is 0 Å². The average molecular weight is 182 g/mol. The Labute approximate surface area is 63.4 Å². The van der Waals surface area contributed by atoms with Gasteiger partial charge in [-0.2, -0.15) is 17.4 Å². The van der Waals surface area contributed by atoms with Gasteiger partial charge in [0.25, 0.3) is 5.91 Å². The molecule has 7 heteroatoms. The topological polar surface area (TPSA) is 99.2 Å². The fourth-order valence-electron chi connectivity index (χ4n) is 0.574. The Hall–Kier alpha value is -0.270. The third-order valence-electron chi connectivity index (χ3n) is 1.34. The van der Waals surface area contributed by atoms with Crippen LogP contribution >= 0.6 is 12.6 Å². The zero-order valence-corrected chi connectivity index (χ0v) is 6.58. The van der Waals surface area contributed by atoms with Crippen LogP contribution < -0.4 is 10.5 Å². The Morgan fingerprint density at radius 1 is 1.70 bits per heavy atom. The number of carbonyl (C=O) groups excluding carboxylic acids is 1. The number of rotatable bonds is 2. The smallest absolute Gasteiger partial charge is 0.256 e. The first-order valence-corrected chi connectivity index (χ1v) is 4.52. The molecule has 1 atom stereocenters. The minimum atomic E-state index is -3.47. The van der Waals surface area contributed by atoms with E-state index in [2.05, 4.69) is 12.6 Å². The molecule has 0 radical (unpaired) electrons. The van der Waals surface area contributed by atoms with Gasteiger partial charge in [-0.15, -0.1) is 0 Å². The minimum absolute atomic E-state index is 0.120. The maximum absolute atomic E-state index is 10.6. The molecule has 0 aromatic rings. The molecule has 1 amide bonds. The maximum atomic E-state index is 10.6. The third kappa shape index (κ3) is 0.741. The predicted molar refractivity (Wildman–Crippen MR) is 37.8 cm³/mol. The van der Waals surface area contributed by atoms with E-state index in [9.17, 15) is 13.2 Å². The van der Waals surface area contributed by atoms with Gasteiger partial charge in [-0.3, -0.25) is 4.79 Å². The zero-order valence-electron chi connectivity index (χ0n) is 4.86. The molecule has 0 aliphatic carbocycles. The molecule has 0 saturated carbocycles. The molecule has 0 unspecified atom stereocenters. The lowest BCUT2D eigenvalue weighted by atomic mass is 10.3. The van der Waals surface area contributed by atoms with Crippen molar-refractivity contribution in [1.82, 2.24) is 4.72 Å². The molecular formula is C3H6N2O3S2. The summed E-state index contributed by atoms with van der Waals surface area (Å²) >= 11 is 3.67. The highest BCUT2D eigenvalue weighted by atomic mass is 32.2. The Morgan fingerprint density at radius 3 is 2.10 bits per heavy atom. The second-order valence-electron chi connectivity index (χ2n) is 1.95. The Bertz CT molecular complexity index is 271. The summed E-state index contributed by atoms with van der Waals surface area (Å²) in [7, 11) is -3.47. The lowest BCUT2D eigenvalue weighted by Crippen LogP contribution is -2.37. The molecule has 10 heavy (non-hydrogen) atoms. The van der Waals surface area contributed by atoms with E-state index in [1.807, 2.05) is 4.72 Å². The number of amides is 1. The molecule has 0 bridgehead atoms. The van der Waals surface area contributed by atoms with Crippen LogP contribution in [-0.4, -0.2) is 24.9 Å². The van der Waals surface area contributed by atoms with Gasteiger partial charge >= 0.3 is 0 Å². The van der Waals surface area contributed by atoms with Crippen molar-refractivity contribution in [1.29, 1.82) is 0 Å². The number of nitrogens with one attached hydrogen (secondary N) is 1. The van der Waals surface area contributed by atoms with E-state index in [1.54, 1.807) is 0 Å². The number of carbonyl (C=O) groups is 1. The number of hydrogen-bond donors (Lipinski definition) is 3. The minimum Gasteiger partial charge on any atom is -0.367 e. The summed E-state index contributed by atoms with van der Waals surface area (Å²) in [6.45, 7) is 0. The van der Waals surface area contributed by atoms with E-state index < -0.39 is 20.8 Å². The molecule has 1 fully saturated rings. The van der Waals surface area contributed by atoms with Gasteiger partial charge in [0.2, 0.25) is 14.9 Å². The van der Waals surface area contributed by atoms with Crippen molar-refractivity contribution < 1.29 is 13.2 Å². The standard InChI is InChI=1S/C3H6N2O3S2/c4-2(6)3(1-9)5-10(3,7)8/h5,9H,1H2,(H2,4,6)/t3-/m1/s1. The van der Waals surface area contributed by atoms with Crippen LogP contribution in [0.1, 0.15) is 0 Å². The summed E-state index contributed by atoms with van der Waals surface area (Å²) in [6.07, 6.45) is 0. The van der Waals surface area contributed by atoms with Crippen LogP contribution in [0.3, 0.4) is 0 Å². The second kappa shape index (κ2) is 1.86. The average Bonchev–Trinajstić information content (AvgIpc) is 2.35. The highest BCUT2D eigenvalue weighted by molar-refractivity contribution is 7.99. The van der Waals surface area contributed by atoms with Gasteiger partial charge in [0.05, 0.1) is 0 Å². The molecule has 58 valence electrons. The molecule has 1 aliphatic rings. The van der Waals surface area contributed by atoms with Crippen molar-refractivity contribution in [3.8, 4) is 0 Å². The molecule has 1 heterocycles. The molecule has 0 spiro atoms. The van der Waals surface area contributed by atoms with Gasteiger partial charge in [-0.25, -0.2) is 8.42 Å². The Morgan fingerprint density at radius 2 is 2.10 bits per heavy atom. The van der Waals surface area contributed by atoms with Gasteiger partial charge in [0.15, 0.2) is 0 Å². The van der Waals surface area contributed by atoms with Crippen LogP contribution in [0.15, 0.2) is 0 Å². The van der Waals surface area contributed by atoms with Crippen molar-refractivity contribution in [2.75, 3.05) is 5.75 Å². The third-order valence-corrected chi connectivity index (χ3v) is 3.80. The number of primary amides is 1. The van der Waals surface area contributed by atoms with Crippen LogP contribution in [0.25, 0.3) is 0 Å². The first-order valence-electron chi connectivity index (χ1n) is 2.40. The largest absolute Gasteiger partial charge is 0.367 e. The summed E-state index contributed by atoms with van der Waals surface area (Å²) < 4.78 is 23.2. The molecular weight excluding hydrogens is 176 g/mol. The molecule has 1 rings (SSSR count). The highest BCUT2D eigenvalue weighted by Crippen LogP contribution is 2.29. The summed E-state index contributed by atoms with van der Waals surface area (Å²) in [5.74, 6) is -1.02. The van der Waals surface area contributed by atoms with Crippen LogP contribution in [0, 0.1) is 0 Å². The molecule has 5 nitrogen and oxygen atoms in total. The normalized spacial score (nSPS) is 35.3. The van der Waals surface area contributed by atoms with Crippen LogP contribution in [-0.2, 0) is 14.8 Å². The van der Waals surface area contributed by atoms with Crippen molar-refractivity contribution in [2.45, 2.75) is 4.87 Å². The van der Waals surface area contributed by atoms with Gasteiger partial charge in [-0.05, 0) is 0 Å². The van der Waals surface area contributed by atoms with E-state index in [-0.39, 0.29) is 5.75 Å². The van der Waals surface area contributed by atoms with Gasteiger partial charge < -0.3 is 5.73 Å². The Balaban J connectivity index is 3.00. The molecule has 0 aromatic heterocycles. The number of nitrogens with two attached hydrogens (primary N) is 1. The fraction of sp³-hybridized carbons (Fsp3) is 0.667. The highest BCUT2D eigenvalue weighted by Gasteiger charge is 2.65. The first-order chi connectivity index (χ1) is 4.46. The Kier molecular flexibility index (Phi) is 1.46. The SMILES string of the molecule is NC(=O)[C@]1(CS)NS1(=O)=O. The summed E-state index contributed by atoms with van der Waals surface area (Å²) in [6, 6.07) is 0. The number of thiol groups is 1. The quantitative estimate of drug-likeness (QED) is 0.341. The predicted octanol–water partition coefficient (Wildman–Crippen LogP) is -1.97. The van der Waals surface area contributed by atoms with E-state index in [0.29, 0.717) is 0 Å². The lowest BCUT2D eigenvalue weighted by molar-refractivity contribution is -0.119. The van der Waals surface area contributed by atoms with Gasteiger partial charge in [0, 0.05) is 5.75 Å². The van der Waals surface area contributed by atoms with Crippen molar-refractivity contribution in [3.63, 3.8) is 0 Å². The van der Waals surface area contributed by atoms with Crippen molar-refractivity contribution >= 4 is 28.6 Å². The fourth-order valence-corrected chi connectivity index (χ4v) is 2.63. The van der Waals surface area contributed by atoms with Crippen molar-refractivity contribution in [2.24, 2.45) is 5.73 Å². The van der Waals surface area contributed by atoms with E-state index >= 15 is 0 Å². The van der Waals surface area contributed by atoms with E-state index in [4.69, 9.17) is 5.73 Å². The van der Waals surface area contributed by atoms with E-state index in [1.165, 1.54) is 0 Å². The summed E-state index contributed by atoms with van der Waals surface area (Å²) in [5.41, 5.74) is 4.79. The van der Waals surface area contributed by atoms with Crippen LogP contribution in [0.4, 0.5) is 0 Å². The lowest BCUT2D eigenvalue weighted by Gasteiger charge is -1.96. The zero-order chi connectivity index (χ0) is 7.99. The van der Waals surface area contributed by atoms with Gasteiger partial charge in [-0.1, -0.05) is 0 Å². The molecule has 3 N–H and O–H groups in total. The second-order valence-corrected chi connectivity index (χ2v) is 4.18. The monoisotopic (exact) mass is 182 g/mol. The molecule has 1 aliphatic heterocycles. The van der Waals surface area contributed by atoms with Crippen LogP contribution in [0.5, 0.6) is 0 Å². The molecule has 0 aromatic carbocycles. The van der Waals surface area contributed by atoms with Gasteiger partial charge in [0.1, 0.15) is 0 Å². The van der Waals surface area contributed by atoms with Crippen LogP contribution in [0.2, 0.25) is 0 Å². The first kappa shape index (κ1) is 7.83. The number of hydrogen-bond acceptors (Lipinski definition) is 4. The molecule has 1 saturated heterocycles. The van der Waals surface area contributed by atoms with Crippen molar-refractivity contribution in [3.05, 3.63) is 0 Å².